The van der Waals surface area contributed by atoms with Crippen LogP contribution in [0.2, 0.25) is 0 Å². The summed E-state index contributed by atoms with van der Waals surface area (Å²) in [5, 5.41) is 12.2. The molecule has 1 aromatic carbocycles. The lowest BCUT2D eigenvalue weighted by atomic mass is 10.2. The van der Waals surface area contributed by atoms with Crippen molar-refractivity contribution in [3.05, 3.63) is 29.8 Å². The molecule has 1 amide bonds. The van der Waals surface area contributed by atoms with E-state index in [-0.39, 0.29) is 12.0 Å². The normalized spacial score (nSPS) is 11.9. The molecular formula is C15H23NO3. The predicted molar refractivity (Wildman–Crippen MR) is 75.5 cm³/mol. The average molecular weight is 265 g/mol. The highest BCUT2D eigenvalue weighted by molar-refractivity contribution is 5.94. The van der Waals surface area contributed by atoms with Gasteiger partial charge in [-0.3, -0.25) is 4.79 Å². The van der Waals surface area contributed by atoms with Gasteiger partial charge in [0.05, 0.1) is 12.7 Å². The van der Waals surface area contributed by atoms with Gasteiger partial charge in [-0.25, -0.2) is 0 Å². The number of aliphatic hydroxyl groups excluding tert-OH is 1. The Hall–Kier alpha value is -1.55. The van der Waals surface area contributed by atoms with Gasteiger partial charge >= 0.3 is 0 Å². The molecule has 1 atom stereocenters. The topological polar surface area (TPSA) is 58.6 Å². The lowest BCUT2D eigenvalue weighted by molar-refractivity contribution is 0.0941. The fourth-order valence-electron chi connectivity index (χ4n) is 1.61. The molecule has 0 fully saturated rings. The molecule has 0 aliphatic rings. The summed E-state index contributed by atoms with van der Waals surface area (Å²) in [5.74, 6) is 0.577. The van der Waals surface area contributed by atoms with E-state index in [4.69, 9.17) is 4.74 Å². The molecule has 4 nitrogen and oxygen atoms in total. The molecule has 0 heterocycles. The Bertz CT molecular complexity index is 393. The summed E-state index contributed by atoms with van der Waals surface area (Å²) in [4.78, 5) is 11.9. The number of amides is 1. The molecule has 0 bridgehead atoms. The summed E-state index contributed by atoms with van der Waals surface area (Å²) in [6.45, 7) is 5.08. The van der Waals surface area contributed by atoms with Gasteiger partial charge < -0.3 is 15.2 Å². The van der Waals surface area contributed by atoms with Gasteiger partial charge in [-0.05, 0) is 37.5 Å². The van der Waals surface area contributed by atoms with Gasteiger partial charge in [0.15, 0.2) is 0 Å². The first-order chi connectivity index (χ1) is 9.17. The van der Waals surface area contributed by atoms with Crippen LogP contribution in [0.15, 0.2) is 24.3 Å². The van der Waals surface area contributed by atoms with Crippen LogP contribution < -0.4 is 10.1 Å². The maximum Gasteiger partial charge on any atom is 0.251 e. The highest BCUT2D eigenvalue weighted by Crippen LogP contribution is 2.13. The first-order valence-electron chi connectivity index (χ1n) is 6.86. The summed E-state index contributed by atoms with van der Waals surface area (Å²) < 4.78 is 5.49. The van der Waals surface area contributed by atoms with Crippen LogP contribution in [0.25, 0.3) is 0 Å². The van der Waals surface area contributed by atoms with Crippen LogP contribution in [0, 0.1) is 0 Å². The highest BCUT2D eigenvalue weighted by Gasteiger charge is 2.07. The number of benzene rings is 1. The molecule has 0 radical (unpaired) electrons. The van der Waals surface area contributed by atoms with Crippen molar-refractivity contribution in [2.24, 2.45) is 0 Å². The molecule has 0 saturated heterocycles. The monoisotopic (exact) mass is 265 g/mol. The Labute approximate surface area is 114 Å². The van der Waals surface area contributed by atoms with Crippen molar-refractivity contribution < 1.29 is 14.6 Å². The van der Waals surface area contributed by atoms with Crippen LogP contribution in [0.4, 0.5) is 0 Å². The van der Waals surface area contributed by atoms with Gasteiger partial charge in [-0.15, -0.1) is 0 Å². The zero-order valence-corrected chi connectivity index (χ0v) is 11.7. The Morgan fingerprint density at radius 2 is 2.21 bits per heavy atom. The second kappa shape index (κ2) is 8.53. The smallest absolute Gasteiger partial charge is 0.251 e. The summed E-state index contributed by atoms with van der Waals surface area (Å²) in [7, 11) is 0. The number of nitrogens with one attached hydrogen (secondary N) is 1. The number of carbonyl (C=O) groups excluding carboxylic acids is 1. The van der Waals surface area contributed by atoms with E-state index in [1.807, 2.05) is 19.9 Å². The van der Waals surface area contributed by atoms with Gasteiger partial charge in [-0.1, -0.05) is 19.9 Å². The first kappa shape index (κ1) is 15.5. The van der Waals surface area contributed by atoms with E-state index in [0.29, 0.717) is 37.3 Å². The molecular weight excluding hydrogens is 242 g/mol. The van der Waals surface area contributed by atoms with E-state index in [9.17, 15) is 9.90 Å². The van der Waals surface area contributed by atoms with Crippen molar-refractivity contribution in [1.29, 1.82) is 0 Å². The summed E-state index contributed by atoms with van der Waals surface area (Å²) in [6, 6.07) is 7.14. The third-order valence-electron chi connectivity index (χ3n) is 2.80. The number of ether oxygens (including phenoxy) is 1. The Kier molecular flexibility index (Phi) is 6.97. The minimum Gasteiger partial charge on any atom is -0.494 e. The van der Waals surface area contributed by atoms with Crippen LogP contribution in [-0.2, 0) is 0 Å². The van der Waals surface area contributed by atoms with Crippen molar-refractivity contribution in [2.45, 2.75) is 39.2 Å². The standard InChI is InChI=1S/C15H23NO3/c1-3-10-19-14-7-5-6-12(11-14)15(18)16-9-8-13(17)4-2/h5-7,11,13,17H,3-4,8-10H2,1-2H3,(H,16,18). The number of hydrogen-bond acceptors (Lipinski definition) is 3. The quantitative estimate of drug-likeness (QED) is 0.758. The van der Waals surface area contributed by atoms with E-state index in [2.05, 4.69) is 5.32 Å². The van der Waals surface area contributed by atoms with Crippen LogP contribution in [0.5, 0.6) is 5.75 Å². The van der Waals surface area contributed by atoms with Crippen LogP contribution in [0.3, 0.4) is 0 Å². The molecule has 106 valence electrons. The van der Waals surface area contributed by atoms with E-state index in [0.717, 1.165) is 6.42 Å². The molecule has 1 aromatic rings. The SMILES string of the molecule is CCCOc1cccc(C(=O)NCCC(O)CC)c1. The van der Waals surface area contributed by atoms with Crippen molar-refractivity contribution in [3.8, 4) is 5.75 Å². The fraction of sp³-hybridized carbons (Fsp3) is 0.533. The minimum absolute atomic E-state index is 0.134. The fourth-order valence-corrected chi connectivity index (χ4v) is 1.61. The van der Waals surface area contributed by atoms with E-state index < -0.39 is 0 Å². The van der Waals surface area contributed by atoms with Crippen LogP contribution >= 0.6 is 0 Å². The van der Waals surface area contributed by atoms with Gasteiger partial charge in [0, 0.05) is 12.1 Å². The average Bonchev–Trinajstić information content (AvgIpc) is 2.45. The zero-order chi connectivity index (χ0) is 14.1. The maximum atomic E-state index is 11.9. The third-order valence-corrected chi connectivity index (χ3v) is 2.80. The molecule has 2 N–H and O–H groups in total. The third kappa shape index (κ3) is 5.75. The number of hydrogen-bond donors (Lipinski definition) is 2. The minimum atomic E-state index is -0.348. The van der Waals surface area contributed by atoms with Crippen molar-refractivity contribution in [1.82, 2.24) is 5.32 Å². The first-order valence-corrected chi connectivity index (χ1v) is 6.86. The predicted octanol–water partition coefficient (Wildman–Crippen LogP) is 2.37. The Morgan fingerprint density at radius 3 is 2.89 bits per heavy atom. The second-order valence-corrected chi connectivity index (χ2v) is 4.48. The van der Waals surface area contributed by atoms with Gasteiger partial charge in [-0.2, -0.15) is 0 Å². The lowest BCUT2D eigenvalue weighted by Gasteiger charge is -2.10. The molecule has 0 aromatic heterocycles. The van der Waals surface area contributed by atoms with Crippen molar-refractivity contribution in [2.75, 3.05) is 13.2 Å². The molecule has 0 aliphatic heterocycles. The maximum absolute atomic E-state index is 11.9. The number of aliphatic hydroxyl groups is 1. The molecule has 19 heavy (non-hydrogen) atoms. The Morgan fingerprint density at radius 1 is 1.42 bits per heavy atom. The van der Waals surface area contributed by atoms with Crippen molar-refractivity contribution >= 4 is 5.91 Å². The van der Waals surface area contributed by atoms with E-state index >= 15 is 0 Å². The van der Waals surface area contributed by atoms with Gasteiger partial charge in [0.2, 0.25) is 0 Å². The van der Waals surface area contributed by atoms with Gasteiger partial charge in [0.25, 0.3) is 5.91 Å². The molecule has 0 aliphatic carbocycles. The molecule has 0 saturated carbocycles. The molecule has 1 unspecified atom stereocenters. The highest BCUT2D eigenvalue weighted by atomic mass is 16.5. The molecule has 1 rings (SSSR count). The summed E-state index contributed by atoms with van der Waals surface area (Å²) in [5.41, 5.74) is 0.583. The van der Waals surface area contributed by atoms with Crippen LogP contribution in [0.1, 0.15) is 43.5 Å². The zero-order valence-electron chi connectivity index (χ0n) is 11.7. The van der Waals surface area contributed by atoms with Crippen molar-refractivity contribution in [3.63, 3.8) is 0 Å². The molecule has 4 heteroatoms. The number of carbonyl (C=O) groups is 1. The molecule has 0 spiro atoms. The Balaban J connectivity index is 2.47. The van der Waals surface area contributed by atoms with Crippen LogP contribution in [-0.4, -0.2) is 30.3 Å². The largest absolute Gasteiger partial charge is 0.494 e. The second-order valence-electron chi connectivity index (χ2n) is 4.48. The summed E-state index contributed by atoms with van der Waals surface area (Å²) >= 11 is 0. The lowest BCUT2D eigenvalue weighted by Crippen LogP contribution is -2.27. The van der Waals surface area contributed by atoms with Gasteiger partial charge in [0.1, 0.15) is 5.75 Å². The van der Waals surface area contributed by atoms with E-state index in [1.165, 1.54) is 0 Å². The summed E-state index contributed by atoms with van der Waals surface area (Å²) in [6.07, 6.45) is 1.87. The van der Waals surface area contributed by atoms with E-state index in [1.54, 1.807) is 18.2 Å². The number of rotatable bonds is 8.